The molecule has 0 aliphatic carbocycles. The van der Waals surface area contributed by atoms with E-state index >= 15 is 0 Å². The highest BCUT2D eigenvalue weighted by atomic mass is 35.5. The third-order valence-corrected chi connectivity index (χ3v) is 4.41. The van der Waals surface area contributed by atoms with E-state index in [1.165, 1.54) is 0 Å². The zero-order chi connectivity index (χ0) is 16.7. The molecule has 0 saturated carbocycles. The van der Waals surface area contributed by atoms with Crippen LogP contribution >= 0.6 is 23.4 Å². The fraction of sp³-hybridized carbons (Fsp3) is 0.176. The Balaban J connectivity index is 1.87. The van der Waals surface area contributed by atoms with E-state index in [9.17, 15) is 9.59 Å². The molecule has 0 radical (unpaired) electrons. The van der Waals surface area contributed by atoms with Gasteiger partial charge in [-0.1, -0.05) is 30.7 Å². The van der Waals surface area contributed by atoms with Crippen molar-refractivity contribution in [1.82, 2.24) is 10.9 Å². The molecule has 2 N–H and O–H groups in total. The number of hydrogen-bond acceptors (Lipinski definition) is 3. The number of nitrogens with one attached hydrogen (secondary N) is 2. The van der Waals surface area contributed by atoms with Gasteiger partial charge < -0.3 is 0 Å². The van der Waals surface area contributed by atoms with Gasteiger partial charge in [-0.25, -0.2) is 0 Å². The number of hydrazine groups is 1. The average Bonchev–Trinajstić information content (AvgIpc) is 2.59. The van der Waals surface area contributed by atoms with Crippen molar-refractivity contribution < 1.29 is 9.59 Å². The second-order valence-electron chi connectivity index (χ2n) is 4.80. The Morgan fingerprint density at radius 3 is 2.26 bits per heavy atom. The molecular weight excluding hydrogens is 332 g/mol. The fourth-order valence-corrected chi connectivity index (χ4v) is 2.72. The number of amides is 2. The molecule has 0 aliphatic rings. The van der Waals surface area contributed by atoms with E-state index in [0.717, 1.165) is 21.2 Å². The first-order chi connectivity index (χ1) is 11.1. The van der Waals surface area contributed by atoms with Crippen LogP contribution in [0.5, 0.6) is 0 Å². The Kier molecular flexibility index (Phi) is 6.50. The normalized spacial score (nSPS) is 10.2. The lowest BCUT2D eigenvalue weighted by molar-refractivity contribution is -0.121. The first kappa shape index (κ1) is 17.4. The molecule has 0 fully saturated rings. The molecule has 0 saturated heterocycles. The van der Waals surface area contributed by atoms with E-state index in [1.807, 2.05) is 36.4 Å². The van der Waals surface area contributed by atoms with Crippen LogP contribution in [0.3, 0.4) is 0 Å². The highest BCUT2D eigenvalue weighted by Crippen LogP contribution is 2.24. The second kappa shape index (κ2) is 8.60. The van der Waals surface area contributed by atoms with Gasteiger partial charge in [-0.2, -0.15) is 0 Å². The highest BCUT2D eigenvalue weighted by Gasteiger charge is 2.06. The van der Waals surface area contributed by atoms with Gasteiger partial charge in [-0.3, -0.25) is 20.4 Å². The summed E-state index contributed by atoms with van der Waals surface area (Å²) < 4.78 is 0. The number of hydrogen-bond donors (Lipinski definition) is 2. The minimum Gasteiger partial charge on any atom is -0.273 e. The van der Waals surface area contributed by atoms with Crippen molar-refractivity contribution in [2.75, 3.05) is 0 Å². The van der Waals surface area contributed by atoms with Crippen LogP contribution in [0.2, 0.25) is 5.02 Å². The molecular formula is C17H17ClN2O2S. The summed E-state index contributed by atoms with van der Waals surface area (Å²) in [7, 11) is 0. The first-order valence-corrected chi connectivity index (χ1v) is 8.51. The van der Waals surface area contributed by atoms with Crippen LogP contribution in [0.4, 0.5) is 0 Å². The smallest absolute Gasteiger partial charge is 0.269 e. The molecule has 6 heteroatoms. The summed E-state index contributed by atoms with van der Waals surface area (Å²) in [6.07, 6.45) is 0.321. The second-order valence-corrected chi connectivity index (χ2v) is 6.28. The third-order valence-electron chi connectivity index (χ3n) is 3.07. The van der Waals surface area contributed by atoms with Crippen LogP contribution in [-0.2, 0) is 10.5 Å². The summed E-state index contributed by atoms with van der Waals surface area (Å²) in [5.74, 6) is 0.244. The van der Waals surface area contributed by atoms with E-state index in [4.69, 9.17) is 11.6 Å². The Morgan fingerprint density at radius 2 is 1.65 bits per heavy atom. The quantitative estimate of drug-likeness (QED) is 0.638. The van der Waals surface area contributed by atoms with Crippen LogP contribution < -0.4 is 10.9 Å². The van der Waals surface area contributed by atoms with Gasteiger partial charge in [0.2, 0.25) is 5.91 Å². The summed E-state index contributed by atoms with van der Waals surface area (Å²) in [4.78, 5) is 24.1. The maximum atomic E-state index is 11.8. The van der Waals surface area contributed by atoms with Crippen molar-refractivity contribution in [2.45, 2.75) is 24.0 Å². The lowest BCUT2D eigenvalue weighted by Crippen LogP contribution is -2.41. The Labute approximate surface area is 144 Å². The van der Waals surface area contributed by atoms with Crippen LogP contribution in [0.15, 0.2) is 53.4 Å². The van der Waals surface area contributed by atoms with Crippen molar-refractivity contribution in [1.29, 1.82) is 0 Å². The minimum atomic E-state index is -0.330. The zero-order valence-corrected chi connectivity index (χ0v) is 14.2. The van der Waals surface area contributed by atoms with E-state index in [0.29, 0.717) is 12.0 Å². The molecule has 0 aliphatic heterocycles. The monoisotopic (exact) mass is 348 g/mol. The molecule has 0 bridgehead atoms. The van der Waals surface area contributed by atoms with Crippen molar-refractivity contribution in [3.8, 4) is 0 Å². The van der Waals surface area contributed by atoms with Crippen LogP contribution in [0.25, 0.3) is 0 Å². The van der Waals surface area contributed by atoms with Gasteiger partial charge in [0, 0.05) is 27.7 Å². The van der Waals surface area contributed by atoms with Crippen LogP contribution in [-0.4, -0.2) is 11.8 Å². The maximum absolute atomic E-state index is 11.8. The van der Waals surface area contributed by atoms with E-state index in [1.54, 1.807) is 30.8 Å². The van der Waals surface area contributed by atoms with Gasteiger partial charge in [0.25, 0.3) is 5.91 Å². The highest BCUT2D eigenvalue weighted by molar-refractivity contribution is 7.98. The molecule has 0 atom stereocenters. The van der Waals surface area contributed by atoms with E-state index in [2.05, 4.69) is 10.9 Å². The standard InChI is InChI=1S/C17H17ClN2O2S/c1-2-16(21)19-20-17(22)13-5-3-12(4-6-13)11-23-15-9-7-14(18)8-10-15/h3-10H,2,11H2,1H3,(H,19,21)(H,20,22). The number of carbonyl (C=O) groups is 2. The molecule has 120 valence electrons. The van der Waals surface area contributed by atoms with Crippen molar-refractivity contribution in [3.63, 3.8) is 0 Å². The van der Waals surface area contributed by atoms with Gasteiger partial charge in [0.05, 0.1) is 0 Å². The largest absolute Gasteiger partial charge is 0.273 e. The van der Waals surface area contributed by atoms with Gasteiger partial charge in [0.15, 0.2) is 0 Å². The lowest BCUT2D eigenvalue weighted by atomic mass is 10.1. The van der Waals surface area contributed by atoms with Gasteiger partial charge in [-0.05, 0) is 42.0 Å². The molecule has 4 nitrogen and oxygen atoms in total. The van der Waals surface area contributed by atoms with Crippen LogP contribution in [0.1, 0.15) is 29.3 Å². The summed E-state index contributed by atoms with van der Waals surface area (Å²) >= 11 is 7.55. The third kappa shape index (κ3) is 5.62. The summed E-state index contributed by atoms with van der Waals surface area (Å²) in [5, 5.41) is 0.722. The van der Waals surface area contributed by atoms with Gasteiger partial charge in [-0.15, -0.1) is 11.8 Å². The van der Waals surface area contributed by atoms with Crippen molar-refractivity contribution in [2.24, 2.45) is 0 Å². The summed E-state index contributed by atoms with van der Waals surface area (Å²) in [5.41, 5.74) is 6.33. The summed E-state index contributed by atoms with van der Waals surface area (Å²) in [6.45, 7) is 1.72. The Morgan fingerprint density at radius 1 is 1.00 bits per heavy atom. The van der Waals surface area contributed by atoms with Crippen molar-refractivity contribution >= 4 is 35.2 Å². The maximum Gasteiger partial charge on any atom is 0.269 e. The molecule has 23 heavy (non-hydrogen) atoms. The topological polar surface area (TPSA) is 58.2 Å². The minimum absolute atomic E-state index is 0.227. The van der Waals surface area contributed by atoms with E-state index < -0.39 is 0 Å². The molecule has 2 aromatic rings. The van der Waals surface area contributed by atoms with Crippen molar-refractivity contribution in [3.05, 3.63) is 64.7 Å². The number of thioether (sulfide) groups is 1. The van der Waals surface area contributed by atoms with Gasteiger partial charge in [0.1, 0.15) is 0 Å². The Hall–Kier alpha value is -1.98. The number of rotatable bonds is 5. The van der Waals surface area contributed by atoms with Gasteiger partial charge >= 0.3 is 0 Å². The molecule has 0 heterocycles. The molecule has 0 unspecified atom stereocenters. The molecule has 2 amide bonds. The first-order valence-electron chi connectivity index (χ1n) is 7.15. The predicted molar refractivity (Wildman–Crippen MR) is 93.4 cm³/mol. The molecule has 2 aromatic carbocycles. The summed E-state index contributed by atoms with van der Waals surface area (Å²) in [6, 6.07) is 15.0. The van der Waals surface area contributed by atoms with Crippen LogP contribution in [0, 0.1) is 0 Å². The number of carbonyl (C=O) groups excluding carboxylic acids is 2. The zero-order valence-electron chi connectivity index (χ0n) is 12.6. The molecule has 0 aromatic heterocycles. The SMILES string of the molecule is CCC(=O)NNC(=O)c1ccc(CSc2ccc(Cl)cc2)cc1. The predicted octanol–water partition coefficient (Wildman–Crippen LogP) is 3.80. The Bertz CT molecular complexity index is 672. The molecule has 0 spiro atoms. The fourth-order valence-electron chi connectivity index (χ4n) is 1.74. The van der Waals surface area contributed by atoms with E-state index in [-0.39, 0.29) is 11.8 Å². The number of benzene rings is 2. The average molecular weight is 349 g/mol. The lowest BCUT2D eigenvalue weighted by Gasteiger charge is -2.07. The molecule has 2 rings (SSSR count). The number of halogens is 1.